The SMILES string of the molecule is COc1ccc(OC)c(CN(Cc2ccccc2)Cc2ccc(C(=O)N3CCN(c4ccccc4Cl)CC3)o2)c1. The first-order valence-electron chi connectivity index (χ1n) is 13.4. The standard InChI is InChI=1S/C32H34ClN3O4/c1-38-26-12-14-30(39-2)25(20-26)22-34(21-24-8-4-3-5-9-24)23-27-13-15-31(40-27)32(37)36-18-16-35(17-19-36)29-11-7-6-10-28(29)33/h3-15,20H,16-19,21-23H2,1-2H3. The summed E-state index contributed by atoms with van der Waals surface area (Å²) in [6.07, 6.45) is 0. The van der Waals surface area contributed by atoms with Crippen LogP contribution in [0.1, 0.15) is 27.4 Å². The fourth-order valence-electron chi connectivity index (χ4n) is 5.07. The van der Waals surface area contributed by atoms with E-state index in [4.69, 9.17) is 25.5 Å². The maximum absolute atomic E-state index is 13.3. The van der Waals surface area contributed by atoms with Gasteiger partial charge in [0, 0.05) is 44.8 Å². The second-order valence-electron chi connectivity index (χ2n) is 9.81. The first-order valence-corrected chi connectivity index (χ1v) is 13.8. The molecule has 5 rings (SSSR count). The number of carbonyl (C=O) groups is 1. The van der Waals surface area contributed by atoms with E-state index in [2.05, 4.69) is 21.9 Å². The zero-order valence-electron chi connectivity index (χ0n) is 22.9. The predicted octanol–water partition coefficient (Wildman–Crippen LogP) is 6.12. The van der Waals surface area contributed by atoms with Gasteiger partial charge in [0.05, 0.1) is 31.5 Å². The first kappa shape index (κ1) is 27.6. The Kier molecular flexibility index (Phi) is 8.94. The Morgan fingerprint density at radius 3 is 2.33 bits per heavy atom. The molecule has 40 heavy (non-hydrogen) atoms. The van der Waals surface area contributed by atoms with Crippen molar-refractivity contribution in [3.8, 4) is 11.5 Å². The fraction of sp³-hybridized carbons (Fsp3) is 0.281. The molecular weight excluding hydrogens is 526 g/mol. The molecule has 0 aliphatic carbocycles. The maximum atomic E-state index is 13.3. The molecule has 208 valence electrons. The van der Waals surface area contributed by atoms with Crippen molar-refractivity contribution in [2.45, 2.75) is 19.6 Å². The number of hydrogen-bond donors (Lipinski definition) is 0. The van der Waals surface area contributed by atoms with Gasteiger partial charge in [-0.3, -0.25) is 9.69 Å². The summed E-state index contributed by atoms with van der Waals surface area (Å²) in [6, 6.07) is 27.6. The monoisotopic (exact) mass is 559 g/mol. The lowest BCUT2D eigenvalue weighted by Crippen LogP contribution is -2.48. The van der Waals surface area contributed by atoms with Gasteiger partial charge < -0.3 is 23.7 Å². The van der Waals surface area contributed by atoms with Gasteiger partial charge in [-0.15, -0.1) is 0 Å². The summed E-state index contributed by atoms with van der Waals surface area (Å²) in [5.41, 5.74) is 3.20. The van der Waals surface area contributed by atoms with Crippen molar-refractivity contribution in [1.82, 2.24) is 9.80 Å². The third kappa shape index (κ3) is 6.61. The average molecular weight is 560 g/mol. The molecular formula is C32H34ClN3O4. The zero-order chi connectivity index (χ0) is 27.9. The molecule has 0 unspecified atom stereocenters. The fourth-order valence-corrected chi connectivity index (χ4v) is 5.32. The number of amides is 1. The van der Waals surface area contributed by atoms with Crippen LogP contribution in [0.25, 0.3) is 0 Å². The van der Waals surface area contributed by atoms with E-state index in [-0.39, 0.29) is 5.91 Å². The topological polar surface area (TPSA) is 58.4 Å². The first-order chi connectivity index (χ1) is 19.5. The molecule has 7 nitrogen and oxygen atoms in total. The summed E-state index contributed by atoms with van der Waals surface area (Å²) >= 11 is 6.38. The molecule has 0 bridgehead atoms. The number of furan rings is 1. The number of methoxy groups -OCH3 is 2. The summed E-state index contributed by atoms with van der Waals surface area (Å²) in [5.74, 6) is 2.57. The van der Waals surface area contributed by atoms with Crippen molar-refractivity contribution in [3.63, 3.8) is 0 Å². The molecule has 0 N–H and O–H groups in total. The van der Waals surface area contributed by atoms with Crippen LogP contribution in [0.4, 0.5) is 5.69 Å². The van der Waals surface area contributed by atoms with E-state index in [1.54, 1.807) is 20.3 Å². The largest absolute Gasteiger partial charge is 0.497 e. The summed E-state index contributed by atoms with van der Waals surface area (Å²) in [6.45, 7) is 4.50. The molecule has 0 radical (unpaired) electrons. The zero-order valence-corrected chi connectivity index (χ0v) is 23.6. The van der Waals surface area contributed by atoms with Crippen LogP contribution in [0.5, 0.6) is 11.5 Å². The lowest BCUT2D eigenvalue weighted by Gasteiger charge is -2.36. The van der Waals surface area contributed by atoms with Crippen LogP contribution in [0, 0.1) is 0 Å². The molecule has 4 aromatic rings. The normalized spacial score (nSPS) is 13.5. The van der Waals surface area contributed by atoms with E-state index < -0.39 is 0 Å². The van der Waals surface area contributed by atoms with Crippen LogP contribution < -0.4 is 14.4 Å². The molecule has 1 aromatic heterocycles. The van der Waals surface area contributed by atoms with Gasteiger partial charge in [0.15, 0.2) is 5.76 Å². The van der Waals surface area contributed by atoms with Crippen molar-refractivity contribution in [2.75, 3.05) is 45.3 Å². The molecule has 0 saturated carbocycles. The van der Waals surface area contributed by atoms with E-state index in [1.807, 2.05) is 71.6 Å². The molecule has 3 aromatic carbocycles. The number of piperazine rings is 1. The number of hydrogen-bond acceptors (Lipinski definition) is 6. The molecule has 0 spiro atoms. The Morgan fingerprint density at radius 1 is 0.850 bits per heavy atom. The predicted molar refractivity (Wildman–Crippen MR) is 157 cm³/mol. The number of rotatable bonds is 10. The second-order valence-corrected chi connectivity index (χ2v) is 10.2. The van der Waals surface area contributed by atoms with Gasteiger partial charge in [0.1, 0.15) is 17.3 Å². The summed E-state index contributed by atoms with van der Waals surface area (Å²) < 4.78 is 17.2. The molecule has 8 heteroatoms. The highest BCUT2D eigenvalue weighted by atomic mass is 35.5. The molecule has 1 aliphatic rings. The van der Waals surface area contributed by atoms with Crippen LogP contribution >= 0.6 is 11.6 Å². The highest BCUT2D eigenvalue weighted by molar-refractivity contribution is 6.33. The number of nitrogens with zero attached hydrogens (tertiary/aromatic N) is 3. The average Bonchev–Trinajstić information content (AvgIpc) is 3.46. The third-order valence-corrected chi connectivity index (χ3v) is 7.46. The number of anilines is 1. The van der Waals surface area contributed by atoms with Crippen molar-refractivity contribution in [3.05, 3.63) is 113 Å². The van der Waals surface area contributed by atoms with Crippen molar-refractivity contribution < 1.29 is 18.7 Å². The minimum absolute atomic E-state index is 0.0888. The number of carbonyl (C=O) groups excluding carboxylic acids is 1. The Hall–Kier alpha value is -3.94. The van der Waals surface area contributed by atoms with Gasteiger partial charge in [-0.2, -0.15) is 0 Å². The van der Waals surface area contributed by atoms with E-state index in [0.29, 0.717) is 38.5 Å². The van der Waals surface area contributed by atoms with Crippen LogP contribution in [0.2, 0.25) is 5.02 Å². The number of ether oxygens (including phenoxy) is 2. The van der Waals surface area contributed by atoms with Crippen LogP contribution in [-0.2, 0) is 19.6 Å². The lowest BCUT2D eigenvalue weighted by atomic mass is 10.1. The van der Waals surface area contributed by atoms with Crippen LogP contribution in [-0.4, -0.2) is 56.1 Å². The van der Waals surface area contributed by atoms with Gasteiger partial charge in [0.2, 0.25) is 0 Å². The molecule has 1 aliphatic heterocycles. The number of para-hydroxylation sites is 1. The number of halogens is 1. The van der Waals surface area contributed by atoms with Crippen molar-refractivity contribution in [2.24, 2.45) is 0 Å². The van der Waals surface area contributed by atoms with Crippen LogP contribution in [0.3, 0.4) is 0 Å². The molecule has 2 heterocycles. The summed E-state index contributed by atoms with van der Waals surface area (Å²) in [5, 5.41) is 0.726. The quantitative estimate of drug-likeness (QED) is 0.233. The maximum Gasteiger partial charge on any atom is 0.289 e. The summed E-state index contributed by atoms with van der Waals surface area (Å²) in [4.78, 5) is 19.6. The van der Waals surface area contributed by atoms with E-state index >= 15 is 0 Å². The molecule has 1 fully saturated rings. The second kappa shape index (κ2) is 12.9. The van der Waals surface area contributed by atoms with E-state index in [0.717, 1.165) is 46.6 Å². The molecule has 0 atom stereocenters. The Bertz CT molecular complexity index is 1420. The number of benzene rings is 3. The highest BCUT2D eigenvalue weighted by Gasteiger charge is 2.25. The Balaban J connectivity index is 1.27. The van der Waals surface area contributed by atoms with Gasteiger partial charge in [-0.1, -0.05) is 54.1 Å². The van der Waals surface area contributed by atoms with Gasteiger partial charge in [-0.25, -0.2) is 0 Å². The van der Waals surface area contributed by atoms with Crippen molar-refractivity contribution in [1.29, 1.82) is 0 Å². The van der Waals surface area contributed by atoms with E-state index in [1.165, 1.54) is 5.56 Å². The lowest BCUT2D eigenvalue weighted by molar-refractivity contribution is 0.0710. The minimum Gasteiger partial charge on any atom is -0.497 e. The van der Waals surface area contributed by atoms with Gasteiger partial charge >= 0.3 is 0 Å². The highest BCUT2D eigenvalue weighted by Crippen LogP contribution is 2.28. The molecule has 1 saturated heterocycles. The third-order valence-electron chi connectivity index (χ3n) is 7.14. The van der Waals surface area contributed by atoms with Crippen molar-refractivity contribution >= 4 is 23.2 Å². The van der Waals surface area contributed by atoms with E-state index in [9.17, 15) is 4.79 Å². The van der Waals surface area contributed by atoms with Crippen LogP contribution in [0.15, 0.2) is 89.3 Å². The summed E-state index contributed by atoms with van der Waals surface area (Å²) in [7, 11) is 3.33. The minimum atomic E-state index is -0.0888. The Labute approximate surface area is 240 Å². The Morgan fingerprint density at radius 2 is 1.60 bits per heavy atom. The molecule has 1 amide bonds. The smallest absolute Gasteiger partial charge is 0.289 e. The van der Waals surface area contributed by atoms with Gasteiger partial charge in [-0.05, 0) is 48.0 Å². The van der Waals surface area contributed by atoms with Gasteiger partial charge in [0.25, 0.3) is 5.91 Å².